The van der Waals surface area contributed by atoms with Crippen LogP contribution in [0.3, 0.4) is 0 Å². The van der Waals surface area contributed by atoms with E-state index in [9.17, 15) is 4.79 Å². The molecule has 126 valence electrons. The van der Waals surface area contributed by atoms with Crippen LogP contribution >= 0.6 is 0 Å². The van der Waals surface area contributed by atoms with E-state index in [0.717, 1.165) is 27.9 Å². The van der Waals surface area contributed by atoms with E-state index in [1.54, 1.807) is 0 Å². The Bertz CT molecular complexity index is 835. The van der Waals surface area contributed by atoms with E-state index in [0.29, 0.717) is 5.75 Å². The molecule has 0 atom stereocenters. The van der Waals surface area contributed by atoms with Crippen molar-refractivity contribution < 1.29 is 9.53 Å². The molecule has 0 aliphatic heterocycles. The fourth-order valence-electron chi connectivity index (χ4n) is 2.77. The van der Waals surface area contributed by atoms with Crippen LogP contribution in [0.4, 0.5) is 5.69 Å². The van der Waals surface area contributed by atoms with Gasteiger partial charge in [0.2, 0.25) is 0 Å². The number of rotatable bonds is 5. The Hall–Kier alpha value is -3.07. The van der Waals surface area contributed by atoms with Crippen LogP contribution in [-0.2, 0) is 4.79 Å². The van der Waals surface area contributed by atoms with Gasteiger partial charge in [0.15, 0.2) is 6.61 Å². The van der Waals surface area contributed by atoms with Crippen molar-refractivity contribution in [1.82, 2.24) is 0 Å². The molecule has 0 saturated carbocycles. The molecule has 0 heterocycles. The zero-order valence-corrected chi connectivity index (χ0v) is 14.5. The van der Waals surface area contributed by atoms with Crippen LogP contribution in [-0.4, -0.2) is 12.5 Å². The molecule has 1 N–H and O–H groups in total. The molecule has 0 aliphatic rings. The molecule has 0 radical (unpaired) electrons. The minimum Gasteiger partial charge on any atom is -0.484 e. The number of nitrogens with one attached hydrogen (secondary N) is 1. The van der Waals surface area contributed by atoms with Gasteiger partial charge >= 0.3 is 0 Å². The molecule has 25 heavy (non-hydrogen) atoms. The first-order chi connectivity index (χ1) is 12.1. The smallest absolute Gasteiger partial charge is 0.262 e. The number of aryl methyl sites for hydroxylation is 2. The Labute approximate surface area is 148 Å². The topological polar surface area (TPSA) is 38.3 Å². The third-order valence-corrected chi connectivity index (χ3v) is 3.84. The second-order valence-electron chi connectivity index (χ2n) is 6.10. The van der Waals surface area contributed by atoms with E-state index in [2.05, 4.69) is 23.5 Å². The van der Waals surface area contributed by atoms with Gasteiger partial charge in [-0.2, -0.15) is 0 Å². The molecule has 3 aromatic rings. The van der Waals surface area contributed by atoms with Crippen molar-refractivity contribution in [2.24, 2.45) is 0 Å². The highest BCUT2D eigenvalue weighted by molar-refractivity contribution is 5.92. The molecule has 3 nitrogen and oxygen atoms in total. The monoisotopic (exact) mass is 331 g/mol. The van der Waals surface area contributed by atoms with Crippen molar-refractivity contribution in [3.05, 3.63) is 83.9 Å². The van der Waals surface area contributed by atoms with Crippen molar-refractivity contribution in [2.75, 3.05) is 11.9 Å². The van der Waals surface area contributed by atoms with Crippen LogP contribution in [0.25, 0.3) is 11.1 Å². The summed E-state index contributed by atoms with van der Waals surface area (Å²) in [6.07, 6.45) is 0. The van der Waals surface area contributed by atoms with Crippen molar-refractivity contribution in [1.29, 1.82) is 0 Å². The highest BCUT2D eigenvalue weighted by Crippen LogP contribution is 2.22. The van der Waals surface area contributed by atoms with Gasteiger partial charge in [0, 0.05) is 5.69 Å². The molecule has 0 saturated heterocycles. The van der Waals surface area contributed by atoms with Gasteiger partial charge in [-0.1, -0.05) is 48.5 Å². The summed E-state index contributed by atoms with van der Waals surface area (Å²) in [5.74, 6) is 0.507. The number of hydrogen-bond acceptors (Lipinski definition) is 2. The van der Waals surface area contributed by atoms with Gasteiger partial charge < -0.3 is 10.1 Å². The quantitative estimate of drug-likeness (QED) is 0.715. The molecule has 0 aliphatic carbocycles. The predicted octanol–water partition coefficient (Wildman–Crippen LogP) is 4.99. The number of carbonyl (C=O) groups is 1. The van der Waals surface area contributed by atoms with E-state index in [4.69, 9.17) is 4.74 Å². The SMILES string of the molecule is Cc1cc(C)cc(NC(=O)COc2ccc(-c3ccccc3)cc2)c1. The summed E-state index contributed by atoms with van der Waals surface area (Å²) in [6, 6.07) is 23.8. The summed E-state index contributed by atoms with van der Waals surface area (Å²) in [7, 11) is 0. The summed E-state index contributed by atoms with van der Waals surface area (Å²) in [5, 5.41) is 2.87. The van der Waals surface area contributed by atoms with E-state index < -0.39 is 0 Å². The first-order valence-corrected chi connectivity index (χ1v) is 8.26. The first-order valence-electron chi connectivity index (χ1n) is 8.26. The number of anilines is 1. The van der Waals surface area contributed by atoms with Crippen molar-refractivity contribution in [3.8, 4) is 16.9 Å². The summed E-state index contributed by atoms with van der Waals surface area (Å²) in [5.41, 5.74) is 5.31. The van der Waals surface area contributed by atoms with Crippen LogP contribution in [0.1, 0.15) is 11.1 Å². The third kappa shape index (κ3) is 4.70. The van der Waals surface area contributed by atoms with Crippen LogP contribution in [0.15, 0.2) is 72.8 Å². The lowest BCUT2D eigenvalue weighted by atomic mass is 10.1. The lowest BCUT2D eigenvalue weighted by Gasteiger charge is -2.09. The van der Waals surface area contributed by atoms with Crippen LogP contribution in [0, 0.1) is 13.8 Å². The summed E-state index contributed by atoms with van der Waals surface area (Å²) >= 11 is 0. The summed E-state index contributed by atoms with van der Waals surface area (Å²) < 4.78 is 5.58. The fraction of sp³-hybridized carbons (Fsp3) is 0.136. The Morgan fingerprint density at radius 2 is 1.44 bits per heavy atom. The average Bonchev–Trinajstić information content (AvgIpc) is 2.60. The van der Waals surface area contributed by atoms with E-state index >= 15 is 0 Å². The highest BCUT2D eigenvalue weighted by atomic mass is 16.5. The molecule has 0 aromatic heterocycles. The van der Waals surface area contributed by atoms with Crippen LogP contribution < -0.4 is 10.1 Å². The van der Waals surface area contributed by atoms with Gasteiger partial charge in [-0.25, -0.2) is 0 Å². The highest BCUT2D eigenvalue weighted by Gasteiger charge is 2.05. The Balaban J connectivity index is 1.57. The molecular weight excluding hydrogens is 310 g/mol. The van der Waals surface area contributed by atoms with Gasteiger partial charge in [-0.3, -0.25) is 4.79 Å². The number of hydrogen-bond donors (Lipinski definition) is 1. The lowest BCUT2D eigenvalue weighted by molar-refractivity contribution is -0.118. The average molecular weight is 331 g/mol. The molecule has 3 rings (SSSR count). The van der Waals surface area contributed by atoms with E-state index in [1.165, 1.54) is 0 Å². The van der Waals surface area contributed by atoms with E-state index in [-0.39, 0.29) is 12.5 Å². The molecule has 3 heteroatoms. The second-order valence-corrected chi connectivity index (χ2v) is 6.10. The second kappa shape index (κ2) is 7.67. The van der Waals surface area contributed by atoms with Crippen molar-refractivity contribution >= 4 is 11.6 Å². The Morgan fingerprint density at radius 1 is 0.840 bits per heavy atom. The number of carbonyl (C=O) groups excluding carboxylic acids is 1. The fourth-order valence-corrected chi connectivity index (χ4v) is 2.77. The summed E-state index contributed by atoms with van der Waals surface area (Å²) in [6.45, 7) is 4.00. The zero-order valence-electron chi connectivity index (χ0n) is 14.5. The summed E-state index contributed by atoms with van der Waals surface area (Å²) in [4.78, 5) is 12.1. The molecule has 1 amide bonds. The number of benzene rings is 3. The zero-order chi connectivity index (χ0) is 17.6. The molecular formula is C22H21NO2. The maximum Gasteiger partial charge on any atom is 0.262 e. The van der Waals surface area contributed by atoms with Gasteiger partial charge in [0.05, 0.1) is 0 Å². The Kier molecular flexibility index (Phi) is 5.14. The normalized spacial score (nSPS) is 10.3. The molecule has 0 fully saturated rings. The Morgan fingerprint density at radius 3 is 2.08 bits per heavy atom. The maximum atomic E-state index is 12.1. The standard InChI is InChI=1S/C22H21NO2/c1-16-12-17(2)14-20(13-16)23-22(24)15-25-21-10-8-19(9-11-21)18-6-4-3-5-7-18/h3-14H,15H2,1-2H3,(H,23,24). The number of ether oxygens (including phenoxy) is 1. The molecule has 0 spiro atoms. The van der Waals surface area contributed by atoms with E-state index in [1.807, 2.05) is 68.4 Å². The molecule has 0 unspecified atom stereocenters. The van der Waals surface area contributed by atoms with Crippen molar-refractivity contribution in [2.45, 2.75) is 13.8 Å². The van der Waals surface area contributed by atoms with Gasteiger partial charge in [0.1, 0.15) is 5.75 Å². The van der Waals surface area contributed by atoms with Gasteiger partial charge in [-0.05, 0) is 60.4 Å². The minimum atomic E-state index is -0.169. The number of amides is 1. The maximum absolute atomic E-state index is 12.1. The van der Waals surface area contributed by atoms with Crippen LogP contribution in [0.5, 0.6) is 5.75 Å². The molecule has 3 aromatic carbocycles. The van der Waals surface area contributed by atoms with Gasteiger partial charge in [0.25, 0.3) is 5.91 Å². The minimum absolute atomic E-state index is 0.0162. The largest absolute Gasteiger partial charge is 0.484 e. The van der Waals surface area contributed by atoms with Gasteiger partial charge in [-0.15, -0.1) is 0 Å². The van der Waals surface area contributed by atoms with Crippen molar-refractivity contribution in [3.63, 3.8) is 0 Å². The van der Waals surface area contributed by atoms with Crippen LogP contribution in [0.2, 0.25) is 0 Å². The molecule has 0 bridgehead atoms. The predicted molar refractivity (Wildman–Crippen MR) is 102 cm³/mol. The first kappa shape index (κ1) is 16.8. The third-order valence-electron chi connectivity index (χ3n) is 3.84. The lowest BCUT2D eigenvalue weighted by Crippen LogP contribution is -2.20.